The van der Waals surface area contributed by atoms with Crippen molar-refractivity contribution in [2.45, 2.75) is 33.7 Å². The maximum atomic E-state index is 9.28. The molecule has 2 aromatic rings. The number of anilines is 1. The van der Waals surface area contributed by atoms with E-state index in [1.807, 2.05) is 38.8 Å². The minimum absolute atomic E-state index is 0.428. The number of aromatic nitrogens is 3. The Kier molecular flexibility index (Phi) is 3.99. The zero-order valence-electron chi connectivity index (χ0n) is 12.1. The second kappa shape index (κ2) is 5.70. The minimum atomic E-state index is 0.428. The van der Waals surface area contributed by atoms with Crippen molar-refractivity contribution in [3.63, 3.8) is 0 Å². The lowest BCUT2D eigenvalue weighted by Gasteiger charge is -2.18. The molecule has 6 heteroatoms. The molecule has 6 nitrogen and oxygen atoms in total. The normalized spacial score (nSPS) is 10.3. The molecule has 0 saturated carbocycles. The summed E-state index contributed by atoms with van der Waals surface area (Å²) in [6, 6.07) is 4.10. The van der Waals surface area contributed by atoms with E-state index in [1.54, 1.807) is 0 Å². The number of nitriles is 1. The first kappa shape index (κ1) is 14.0. The van der Waals surface area contributed by atoms with Crippen LogP contribution in [-0.4, -0.2) is 22.2 Å². The number of hydrogen-bond donors (Lipinski definition) is 0. The highest BCUT2D eigenvalue weighted by molar-refractivity contribution is 5.57. The molecule has 0 saturated heterocycles. The summed E-state index contributed by atoms with van der Waals surface area (Å²) in [6.45, 7) is 6.21. The van der Waals surface area contributed by atoms with Crippen molar-refractivity contribution in [2.75, 3.05) is 11.9 Å². The summed E-state index contributed by atoms with van der Waals surface area (Å²) < 4.78 is 5.48. The van der Waals surface area contributed by atoms with Gasteiger partial charge in [-0.2, -0.15) is 5.26 Å². The molecular formula is C14H17N5O. The maximum absolute atomic E-state index is 9.28. The number of nitrogens with zero attached hydrogens (tertiary/aromatic N) is 5. The lowest BCUT2D eigenvalue weighted by Crippen LogP contribution is -2.20. The number of hydrogen-bond acceptors (Lipinski definition) is 6. The van der Waals surface area contributed by atoms with Gasteiger partial charge in [-0.25, -0.2) is 4.98 Å². The van der Waals surface area contributed by atoms with E-state index in [-0.39, 0.29) is 0 Å². The first-order valence-electron chi connectivity index (χ1n) is 6.45. The highest BCUT2D eigenvalue weighted by Gasteiger charge is 2.15. The van der Waals surface area contributed by atoms with E-state index in [2.05, 4.69) is 21.3 Å². The fourth-order valence-corrected chi connectivity index (χ4v) is 2.00. The fraction of sp³-hybridized carbons (Fsp3) is 0.429. The van der Waals surface area contributed by atoms with Crippen molar-refractivity contribution in [2.24, 2.45) is 0 Å². The van der Waals surface area contributed by atoms with Gasteiger partial charge in [-0.05, 0) is 25.5 Å². The van der Waals surface area contributed by atoms with Crippen LogP contribution in [0.2, 0.25) is 0 Å². The van der Waals surface area contributed by atoms with Crippen LogP contribution in [0.3, 0.4) is 0 Å². The highest BCUT2D eigenvalue weighted by atomic mass is 16.4. The molecule has 0 atom stereocenters. The molecule has 0 aliphatic carbocycles. The van der Waals surface area contributed by atoms with Gasteiger partial charge in [-0.1, -0.05) is 6.92 Å². The predicted molar refractivity (Wildman–Crippen MR) is 74.2 cm³/mol. The topological polar surface area (TPSA) is 78.8 Å². The van der Waals surface area contributed by atoms with E-state index in [1.165, 1.54) is 0 Å². The summed E-state index contributed by atoms with van der Waals surface area (Å²) >= 11 is 0. The zero-order valence-corrected chi connectivity index (χ0v) is 12.1. The van der Waals surface area contributed by atoms with Crippen molar-refractivity contribution in [1.29, 1.82) is 5.26 Å². The number of pyridine rings is 1. The Hall–Kier alpha value is -2.42. The molecule has 0 aromatic carbocycles. The molecule has 0 amide bonds. The standard InChI is InChI=1S/C14H17N5O/c1-5-12-17-18-13(20-12)8-19(4)14-11(7-15)9(2)6-10(3)16-14/h6H,5,8H2,1-4H3. The molecule has 2 heterocycles. The molecule has 0 aliphatic rings. The lowest BCUT2D eigenvalue weighted by molar-refractivity contribution is 0.452. The van der Waals surface area contributed by atoms with Gasteiger partial charge in [0.05, 0.1) is 12.1 Å². The molecule has 0 unspecified atom stereocenters. The van der Waals surface area contributed by atoms with Crippen LogP contribution in [0.1, 0.15) is 35.5 Å². The van der Waals surface area contributed by atoms with Gasteiger partial charge >= 0.3 is 0 Å². The number of aryl methyl sites for hydroxylation is 3. The van der Waals surface area contributed by atoms with E-state index in [0.717, 1.165) is 11.3 Å². The Morgan fingerprint density at radius 2 is 2.00 bits per heavy atom. The number of rotatable bonds is 4. The average Bonchev–Trinajstić information content (AvgIpc) is 2.85. The molecule has 104 valence electrons. The third kappa shape index (κ3) is 2.77. The van der Waals surface area contributed by atoms with Crippen molar-refractivity contribution in [1.82, 2.24) is 15.2 Å². The van der Waals surface area contributed by atoms with E-state index in [0.29, 0.717) is 36.1 Å². The first-order valence-corrected chi connectivity index (χ1v) is 6.45. The first-order chi connectivity index (χ1) is 9.55. The van der Waals surface area contributed by atoms with Crippen LogP contribution in [0.4, 0.5) is 5.82 Å². The summed E-state index contributed by atoms with van der Waals surface area (Å²) in [7, 11) is 1.86. The summed E-state index contributed by atoms with van der Waals surface area (Å²) in [5, 5.41) is 17.2. The molecule has 0 radical (unpaired) electrons. The van der Waals surface area contributed by atoms with Crippen LogP contribution >= 0.6 is 0 Å². The maximum Gasteiger partial charge on any atom is 0.235 e. The van der Waals surface area contributed by atoms with Crippen molar-refractivity contribution < 1.29 is 4.42 Å². The Balaban J connectivity index is 2.29. The molecule has 20 heavy (non-hydrogen) atoms. The van der Waals surface area contributed by atoms with Crippen molar-refractivity contribution >= 4 is 5.82 Å². The fourth-order valence-electron chi connectivity index (χ4n) is 2.00. The largest absolute Gasteiger partial charge is 0.423 e. The van der Waals surface area contributed by atoms with E-state index in [4.69, 9.17) is 4.42 Å². The van der Waals surface area contributed by atoms with Gasteiger partial charge in [0.25, 0.3) is 0 Å². The molecule has 2 rings (SSSR count). The van der Waals surface area contributed by atoms with Gasteiger partial charge in [0, 0.05) is 19.2 Å². The Bertz CT molecular complexity index is 656. The van der Waals surface area contributed by atoms with Crippen LogP contribution in [0.5, 0.6) is 0 Å². The third-order valence-corrected chi connectivity index (χ3v) is 2.98. The Morgan fingerprint density at radius 1 is 1.30 bits per heavy atom. The second-order valence-electron chi connectivity index (χ2n) is 4.69. The molecular weight excluding hydrogens is 254 g/mol. The van der Waals surface area contributed by atoms with E-state index < -0.39 is 0 Å². The second-order valence-corrected chi connectivity index (χ2v) is 4.69. The van der Waals surface area contributed by atoms with Gasteiger partial charge in [-0.3, -0.25) is 0 Å². The van der Waals surface area contributed by atoms with Crippen LogP contribution in [-0.2, 0) is 13.0 Å². The van der Waals surface area contributed by atoms with Crippen molar-refractivity contribution in [3.05, 3.63) is 34.7 Å². The molecule has 0 bridgehead atoms. The Morgan fingerprint density at radius 3 is 2.60 bits per heavy atom. The lowest BCUT2D eigenvalue weighted by atomic mass is 10.1. The van der Waals surface area contributed by atoms with Crippen LogP contribution in [0.15, 0.2) is 10.5 Å². The summed E-state index contributed by atoms with van der Waals surface area (Å²) in [5.41, 5.74) is 2.37. The molecule has 0 spiro atoms. The van der Waals surface area contributed by atoms with E-state index >= 15 is 0 Å². The van der Waals surface area contributed by atoms with Gasteiger partial charge in [0.15, 0.2) is 0 Å². The van der Waals surface area contributed by atoms with Gasteiger partial charge in [-0.15, -0.1) is 10.2 Å². The summed E-state index contributed by atoms with van der Waals surface area (Å²) in [6.07, 6.45) is 0.710. The summed E-state index contributed by atoms with van der Waals surface area (Å²) in [4.78, 5) is 6.29. The van der Waals surface area contributed by atoms with Gasteiger partial charge < -0.3 is 9.32 Å². The Labute approximate surface area is 118 Å². The monoisotopic (exact) mass is 271 g/mol. The third-order valence-electron chi connectivity index (χ3n) is 2.98. The predicted octanol–water partition coefficient (Wildman–Crippen LogP) is 2.15. The molecule has 2 aromatic heterocycles. The molecule has 0 fully saturated rings. The SMILES string of the molecule is CCc1nnc(CN(C)c2nc(C)cc(C)c2C#N)o1. The van der Waals surface area contributed by atoms with Gasteiger partial charge in [0.1, 0.15) is 11.9 Å². The zero-order chi connectivity index (χ0) is 14.7. The molecule has 0 N–H and O–H groups in total. The van der Waals surface area contributed by atoms with Crippen LogP contribution < -0.4 is 4.90 Å². The minimum Gasteiger partial charge on any atom is -0.423 e. The smallest absolute Gasteiger partial charge is 0.235 e. The molecule has 0 aliphatic heterocycles. The quantitative estimate of drug-likeness (QED) is 0.847. The van der Waals surface area contributed by atoms with Crippen molar-refractivity contribution in [3.8, 4) is 6.07 Å². The average molecular weight is 271 g/mol. The van der Waals surface area contributed by atoms with E-state index in [9.17, 15) is 5.26 Å². The van der Waals surface area contributed by atoms with Crippen LogP contribution in [0.25, 0.3) is 0 Å². The van der Waals surface area contributed by atoms with Gasteiger partial charge in [0.2, 0.25) is 11.8 Å². The highest BCUT2D eigenvalue weighted by Crippen LogP contribution is 2.22. The summed E-state index contributed by atoms with van der Waals surface area (Å²) in [5.74, 6) is 1.78. The van der Waals surface area contributed by atoms with Crippen LogP contribution in [0, 0.1) is 25.2 Å².